The third-order valence-electron chi connectivity index (χ3n) is 3.56. The number of ether oxygens (including phenoxy) is 1. The summed E-state index contributed by atoms with van der Waals surface area (Å²) >= 11 is 0. The van der Waals surface area contributed by atoms with Crippen molar-refractivity contribution in [3.05, 3.63) is 11.6 Å². The van der Waals surface area contributed by atoms with Crippen LogP contribution in [0.3, 0.4) is 0 Å². The molecule has 0 fully saturated rings. The van der Waals surface area contributed by atoms with Gasteiger partial charge in [-0.15, -0.1) is 0 Å². The Balaban J connectivity index is 2.37. The normalized spacial score (nSPS) is 23.8. The van der Waals surface area contributed by atoms with E-state index in [0.29, 0.717) is 17.8 Å². The second-order valence-electron chi connectivity index (χ2n) is 5.58. The average Bonchev–Trinajstić information content (AvgIpc) is 2.20. The lowest BCUT2D eigenvalue weighted by atomic mass is 9.74. The van der Waals surface area contributed by atoms with Crippen LogP contribution in [-0.4, -0.2) is 13.1 Å². The molecule has 0 N–H and O–H groups in total. The Hall–Kier alpha value is -0.790. The van der Waals surface area contributed by atoms with Crippen LogP contribution in [0.2, 0.25) is 0 Å². The summed E-state index contributed by atoms with van der Waals surface area (Å²) in [6.45, 7) is 6.81. The molecule has 0 aromatic heterocycles. The molecule has 0 aliphatic heterocycles. The van der Waals surface area contributed by atoms with Crippen LogP contribution in [0.25, 0.3) is 0 Å². The Morgan fingerprint density at radius 1 is 1.56 bits per heavy atom. The zero-order chi connectivity index (χ0) is 12.2. The first-order valence-corrected chi connectivity index (χ1v) is 6.21. The van der Waals surface area contributed by atoms with Gasteiger partial charge in [0.05, 0.1) is 7.11 Å². The fourth-order valence-electron chi connectivity index (χ4n) is 2.55. The standard InChI is InChI=1S/C14H24O2/c1-11-10-14(2,3)9-8-12(11)6-5-7-13(15)16-4/h10,12H,5-9H2,1-4H3. The Kier molecular flexibility index (Phi) is 4.57. The molecule has 1 aliphatic carbocycles. The number of methoxy groups -OCH3 is 1. The van der Waals surface area contributed by atoms with Gasteiger partial charge < -0.3 is 4.74 Å². The maximum atomic E-state index is 11.0. The van der Waals surface area contributed by atoms with Crippen LogP contribution in [0.1, 0.15) is 52.9 Å². The van der Waals surface area contributed by atoms with Crippen molar-refractivity contribution in [2.75, 3.05) is 7.11 Å². The van der Waals surface area contributed by atoms with E-state index in [1.807, 2.05) is 0 Å². The first kappa shape index (κ1) is 13.3. The summed E-state index contributed by atoms with van der Waals surface area (Å²) in [6.07, 6.45) is 7.54. The molecule has 2 heteroatoms. The van der Waals surface area contributed by atoms with Crippen LogP contribution in [0.15, 0.2) is 11.6 Å². The number of carbonyl (C=O) groups is 1. The van der Waals surface area contributed by atoms with Gasteiger partial charge in [-0.2, -0.15) is 0 Å². The van der Waals surface area contributed by atoms with Crippen LogP contribution >= 0.6 is 0 Å². The molecule has 2 nitrogen and oxygen atoms in total. The smallest absolute Gasteiger partial charge is 0.305 e. The van der Waals surface area contributed by atoms with Crippen molar-refractivity contribution in [3.8, 4) is 0 Å². The van der Waals surface area contributed by atoms with Gasteiger partial charge >= 0.3 is 5.97 Å². The lowest BCUT2D eigenvalue weighted by Gasteiger charge is -2.32. The molecule has 0 aromatic rings. The van der Waals surface area contributed by atoms with E-state index in [0.717, 1.165) is 12.8 Å². The van der Waals surface area contributed by atoms with Crippen LogP contribution in [0, 0.1) is 11.3 Å². The van der Waals surface area contributed by atoms with E-state index in [9.17, 15) is 4.79 Å². The highest BCUT2D eigenvalue weighted by atomic mass is 16.5. The maximum Gasteiger partial charge on any atom is 0.305 e. The Labute approximate surface area is 99.1 Å². The molecule has 1 atom stereocenters. The summed E-state index contributed by atoms with van der Waals surface area (Å²) in [7, 11) is 1.45. The van der Waals surface area contributed by atoms with Gasteiger partial charge in [0, 0.05) is 6.42 Å². The van der Waals surface area contributed by atoms with Crippen molar-refractivity contribution in [1.29, 1.82) is 0 Å². The van der Waals surface area contributed by atoms with Crippen LogP contribution in [0.4, 0.5) is 0 Å². The molecule has 0 saturated heterocycles. The predicted molar refractivity (Wildman–Crippen MR) is 66.1 cm³/mol. The number of rotatable bonds is 4. The molecule has 0 amide bonds. The van der Waals surface area contributed by atoms with E-state index in [1.54, 1.807) is 0 Å². The Bertz CT molecular complexity index is 276. The zero-order valence-corrected chi connectivity index (χ0v) is 11.0. The van der Waals surface area contributed by atoms with E-state index in [-0.39, 0.29) is 5.97 Å². The third-order valence-corrected chi connectivity index (χ3v) is 3.56. The minimum atomic E-state index is -0.0854. The van der Waals surface area contributed by atoms with Gasteiger partial charge in [0.15, 0.2) is 0 Å². The summed E-state index contributed by atoms with van der Waals surface area (Å²) in [5, 5.41) is 0. The minimum Gasteiger partial charge on any atom is -0.469 e. The van der Waals surface area contributed by atoms with E-state index in [2.05, 4.69) is 31.6 Å². The number of allylic oxidation sites excluding steroid dienone is 2. The third kappa shape index (κ3) is 3.99. The quantitative estimate of drug-likeness (QED) is 0.537. The van der Waals surface area contributed by atoms with E-state index in [4.69, 9.17) is 0 Å². The van der Waals surface area contributed by atoms with Gasteiger partial charge in [-0.3, -0.25) is 4.79 Å². The van der Waals surface area contributed by atoms with Gasteiger partial charge in [-0.1, -0.05) is 25.5 Å². The summed E-state index contributed by atoms with van der Waals surface area (Å²) < 4.78 is 4.65. The molecule has 92 valence electrons. The van der Waals surface area contributed by atoms with Crippen molar-refractivity contribution in [1.82, 2.24) is 0 Å². The lowest BCUT2D eigenvalue weighted by molar-refractivity contribution is -0.140. The van der Waals surface area contributed by atoms with Crippen LogP contribution in [-0.2, 0) is 9.53 Å². The van der Waals surface area contributed by atoms with Gasteiger partial charge in [0.25, 0.3) is 0 Å². The monoisotopic (exact) mass is 224 g/mol. The molecule has 1 unspecified atom stereocenters. The van der Waals surface area contributed by atoms with E-state index in [1.165, 1.54) is 25.5 Å². The van der Waals surface area contributed by atoms with Crippen LogP contribution in [0.5, 0.6) is 0 Å². The zero-order valence-electron chi connectivity index (χ0n) is 11.0. The van der Waals surface area contributed by atoms with Crippen molar-refractivity contribution in [2.24, 2.45) is 11.3 Å². The summed E-state index contributed by atoms with van der Waals surface area (Å²) in [5.41, 5.74) is 1.87. The molecule has 0 bridgehead atoms. The molecule has 0 radical (unpaired) electrons. The SMILES string of the molecule is COC(=O)CCCC1CCC(C)(C)C=C1C. The van der Waals surface area contributed by atoms with Crippen molar-refractivity contribution < 1.29 is 9.53 Å². The molecule has 0 spiro atoms. The summed E-state index contributed by atoms with van der Waals surface area (Å²) in [5.74, 6) is 0.593. The number of carbonyl (C=O) groups excluding carboxylic acids is 1. The van der Waals surface area contributed by atoms with Crippen molar-refractivity contribution >= 4 is 5.97 Å². The van der Waals surface area contributed by atoms with E-state index < -0.39 is 0 Å². The molecule has 1 rings (SSSR count). The highest BCUT2D eigenvalue weighted by molar-refractivity contribution is 5.68. The summed E-state index contributed by atoms with van der Waals surface area (Å²) in [6, 6.07) is 0. The second kappa shape index (κ2) is 5.51. The topological polar surface area (TPSA) is 26.3 Å². The van der Waals surface area contributed by atoms with Crippen molar-refractivity contribution in [3.63, 3.8) is 0 Å². The number of hydrogen-bond acceptors (Lipinski definition) is 2. The molecular weight excluding hydrogens is 200 g/mol. The lowest BCUT2D eigenvalue weighted by Crippen LogP contribution is -2.19. The molecule has 0 aromatic carbocycles. The van der Waals surface area contributed by atoms with Gasteiger partial charge in [0.1, 0.15) is 0 Å². The summed E-state index contributed by atoms with van der Waals surface area (Å²) in [4.78, 5) is 11.0. The van der Waals surface area contributed by atoms with Gasteiger partial charge in [-0.25, -0.2) is 0 Å². The first-order chi connectivity index (χ1) is 7.44. The fourth-order valence-corrected chi connectivity index (χ4v) is 2.55. The largest absolute Gasteiger partial charge is 0.469 e. The fraction of sp³-hybridized carbons (Fsp3) is 0.786. The molecule has 0 heterocycles. The first-order valence-electron chi connectivity index (χ1n) is 6.21. The Morgan fingerprint density at radius 3 is 2.81 bits per heavy atom. The number of esters is 1. The van der Waals surface area contributed by atoms with E-state index >= 15 is 0 Å². The highest BCUT2D eigenvalue weighted by Gasteiger charge is 2.25. The number of hydrogen-bond donors (Lipinski definition) is 0. The molecule has 16 heavy (non-hydrogen) atoms. The highest BCUT2D eigenvalue weighted by Crippen LogP contribution is 2.38. The predicted octanol–water partition coefficient (Wildman–Crippen LogP) is 3.71. The van der Waals surface area contributed by atoms with Crippen LogP contribution < -0.4 is 0 Å². The molecule has 0 saturated carbocycles. The second-order valence-corrected chi connectivity index (χ2v) is 5.58. The molecule has 1 aliphatic rings. The van der Waals surface area contributed by atoms with Crippen molar-refractivity contribution in [2.45, 2.75) is 52.9 Å². The molecular formula is C14H24O2. The Morgan fingerprint density at radius 2 is 2.25 bits per heavy atom. The van der Waals surface area contributed by atoms with Gasteiger partial charge in [0.2, 0.25) is 0 Å². The average molecular weight is 224 g/mol. The van der Waals surface area contributed by atoms with Gasteiger partial charge in [-0.05, 0) is 43.9 Å². The minimum absolute atomic E-state index is 0.0854. The maximum absolute atomic E-state index is 11.0.